The van der Waals surface area contributed by atoms with Crippen molar-refractivity contribution in [2.24, 2.45) is 0 Å². The second-order valence-corrected chi connectivity index (χ2v) is 6.97. The number of rotatable bonds is 7. The molecule has 0 aliphatic carbocycles. The van der Waals surface area contributed by atoms with Crippen LogP contribution in [0.15, 0.2) is 46.9 Å². The molecule has 0 radical (unpaired) electrons. The molecule has 0 spiro atoms. The first-order chi connectivity index (χ1) is 14.2. The summed E-state index contributed by atoms with van der Waals surface area (Å²) in [6.07, 6.45) is 2.20. The molecule has 152 valence electrons. The van der Waals surface area contributed by atoms with Gasteiger partial charge in [0.25, 0.3) is 0 Å². The highest BCUT2D eigenvalue weighted by atomic mass is 16.5. The highest BCUT2D eigenvalue weighted by molar-refractivity contribution is 5.54. The van der Waals surface area contributed by atoms with Gasteiger partial charge in [0.1, 0.15) is 5.75 Å². The van der Waals surface area contributed by atoms with Gasteiger partial charge in [0.15, 0.2) is 11.5 Å². The first-order valence-electron chi connectivity index (χ1n) is 9.64. The topological polar surface area (TPSA) is 69.9 Å². The van der Waals surface area contributed by atoms with Gasteiger partial charge in [0.05, 0.1) is 27.9 Å². The summed E-state index contributed by atoms with van der Waals surface area (Å²) < 4.78 is 21.9. The van der Waals surface area contributed by atoms with Crippen LogP contribution in [0.1, 0.15) is 30.3 Å². The summed E-state index contributed by atoms with van der Waals surface area (Å²) in [5, 5.41) is 8.46. The monoisotopic (exact) mass is 395 g/mol. The van der Waals surface area contributed by atoms with E-state index >= 15 is 0 Å². The van der Waals surface area contributed by atoms with Crippen LogP contribution in [0.4, 0.5) is 0 Å². The predicted octanol–water partition coefficient (Wildman–Crippen LogP) is 4.10. The molecule has 1 fully saturated rings. The van der Waals surface area contributed by atoms with Crippen LogP contribution in [-0.2, 0) is 6.54 Å². The highest BCUT2D eigenvalue weighted by Gasteiger charge is 2.28. The molecule has 1 atom stereocenters. The van der Waals surface area contributed by atoms with Gasteiger partial charge in [-0.15, -0.1) is 10.2 Å². The Morgan fingerprint density at radius 1 is 0.966 bits per heavy atom. The number of hydrogen-bond acceptors (Lipinski definition) is 7. The van der Waals surface area contributed by atoms with E-state index in [0.29, 0.717) is 18.3 Å². The largest absolute Gasteiger partial charge is 0.497 e. The summed E-state index contributed by atoms with van der Waals surface area (Å²) in [4.78, 5) is 2.37. The predicted molar refractivity (Wildman–Crippen MR) is 108 cm³/mol. The molecule has 4 rings (SSSR count). The lowest BCUT2D eigenvalue weighted by Gasteiger charge is -2.24. The fraction of sp³-hybridized carbons (Fsp3) is 0.364. The summed E-state index contributed by atoms with van der Waals surface area (Å²) in [7, 11) is 4.95. The van der Waals surface area contributed by atoms with Gasteiger partial charge >= 0.3 is 0 Å². The average Bonchev–Trinajstić information content (AvgIpc) is 3.43. The Kier molecular flexibility index (Phi) is 5.67. The number of hydrogen-bond donors (Lipinski definition) is 0. The quantitative estimate of drug-likeness (QED) is 0.596. The number of nitrogens with zero attached hydrogens (tertiary/aromatic N) is 3. The maximum absolute atomic E-state index is 5.92. The minimum absolute atomic E-state index is 0.283. The normalized spacial score (nSPS) is 16.7. The van der Waals surface area contributed by atoms with Crippen molar-refractivity contribution in [3.63, 3.8) is 0 Å². The summed E-state index contributed by atoms with van der Waals surface area (Å²) >= 11 is 0. The minimum Gasteiger partial charge on any atom is -0.497 e. The number of methoxy groups -OCH3 is 3. The Balaban J connectivity index is 1.49. The van der Waals surface area contributed by atoms with E-state index in [1.54, 1.807) is 21.3 Å². The van der Waals surface area contributed by atoms with Crippen molar-refractivity contribution in [1.82, 2.24) is 15.1 Å². The van der Waals surface area contributed by atoms with Crippen LogP contribution in [-0.4, -0.2) is 43.0 Å². The number of aromatic nitrogens is 2. The maximum Gasteiger partial charge on any atom is 0.247 e. The zero-order valence-electron chi connectivity index (χ0n) is 16.9. The molecule has 7 nitrogen and oxygen atoms in total. The van der Waals surface area contributed by atoms with E-state index in [1.807, 2.05) is 30.3 Å². The van der Waals surface area contributed by atoms with Crippen molar-refractivity contribution in [2.75, 3.05) is 27.9 Å². The van der Waals surface area contributed by atoms with Gasteiger partial charge in [-0.3, -0.25) is 4.90 Å². The van der Waals surface area contributed by atoms with E-state index in [0.717, 1.165) is 42.2 Å². The van der Waals surface area contributed by atoms with Crippen LogP contribution in [0, 0.1) is 0 Å². The summed E-state index contributed by atoms with van der Waals surface area (Å²) in [6, 6.07) is 14.0. The van der Waals surface area contributed by atoms with Crippen molar-refractivity contribution in [3.05, 3.63) is 53.9 Å². The standard InChI is InChI=1S/C22H25N3O4/c1-26-17-9-6-15(7-10-17)22-24-23-21(29-22)14-25-12-4-5-18(25)16-8-11-19(27-2)20(13-16)28-3/h6-11,13,18H,4-5,12,14H2,1-3H3. The van der Waals surface area contributed by atoms with Gasteiger partial charge in [-0.2, -0.15) is 0 Å². The molecule has 0 N–H and O–H groups in total. The van der Waals surface area contributed by atoms with E-state index in [-0.39, 0.29) is 6.04 Å². The van der Waals surface area contributed by atoms with Crippen molar-refractivity contribution in [3.8, 4) is 28.7 Å². The van der Waals surface area contributed by atoms with Gasteiger partial charge < -0.3 is 18.6 Å². The fourth-order valence-electron chi connectivity index (χ4n) is 3.79. The van der Waals surface area contributed by atoms with Crippen molar-refractivity contribution in [2.45, 2.75) is 25.4 Å². The van der Waals surface area contributed by atoms with Crippen LogP contribution in [0.3, 0.4) is 0 Å². The second-order valence-electron chi connectivity index (χ2n) is 6.97. The molecule has 1 unspecified atom stereocenters. The van der Waals surface area contributed by atoms with Crippen LogP contribution < -0.4 is 14.2 Å². The molecular formula is C22H25N3O4. The van der Waals surface area contributed by atoms with Gasteiger partial charge in [0, 0.05) is 11.6 Å². The number of likely N-dealkylation sites (tertiary alicyclic amines) is 1. The number of ether oxygens (including phenoxy) is 3. The first-order valence-corrected chi connectivity index (χ1v) is 9.64. The molecule has 0 saturated carbocycles. The molecular weight excluding hydrogens is 370 g/mol. The molecule has 0 bridgehead atoms. The lowest BCUT2D eigenvalue weighted by molar-refractivity contribution is 0.223. The third-order valence-corrected chi connectivity index (χ3v) is 5.30. The summed E-state index contributed by atoms with van der Waals surface area (Å²) in [5.41, 5.74) is 2.08. The molecule has 1 aromatic heterocycles. The van der Waals surface area contributed by atoms with Crippen molar-refractivity contribution in [1.29, 1.82) is 0 Å². The average molecular weight is 395 g/mol. The fourth-order valence-corrected chi connectivity index (χ4v) is 3.79. The van der Waals surface area contributed by atoms with E-state index in [1.165, 1.54) is 5.56 Å². The lowest BCUT2D eigenvalue weighted by atomic mass is 10.0. The minimum atomic E-state index is 0.283. The van der Waals surface area contributed by atoms with Crippen LogP contribution in [0.5, 0.6) is 17.2 Å². The SMILES string of the molecule is COc1ccc(-c2nnc(CN3CCCC3c3ccc(OC)c(OC)c3)o2)cc1. The van der Waals surface area contributed by atoms with Crippen LogP contribution in [0.2, 0.25) is 0 Å². The summed E-state index contributed by atoms with van der Waals surface area (Å²) in [6.45, 7) is 1.60. The zero-order chi connectivity index (χ0) is 20.2. The van der Waals surface area contributed by atoms with E-state index < -0.39 is 0 Å². The number of benzene rings is 2. The second kappa shape index (κ2) is 8.53. The van der Waals surface area contributed by atoms with Crippen LogP contribution in [0.25, 0.3) is 11.5 Å². The van der Waals surface area contributed by atoms with Crippen molar-refractivity contribution >= 4 is 0 Å². The molecule has 0 amide bonds. The summed E-state index contributed by atoms with van der Waals surface area (Å²) in [5.74, 6) is 3.41. The van der Waals surface area contributed by atoms with Gasteiger partial charge in [-0.25, -0.2) is 0 Å². The van der Waals surface area contributed by atoms with E-state index in [2.05, 4.69) is 27.2 Å². The van der Waals surface area contributed by atoms with E-state index in [4.69, 9.17) is 18.6 Å². The van der Waals surface area contributed by atoms with Gasteiger partial charge in [-0.05, 0) is 61.3 Å². The molecule has 1 saturated heterocycles. The Bertz CT molecular complexity index is 955. The highest BCUT2D eigenvalue weighted by Crippen LogP contribution is 2.37. The van der Waals surface area contributed by atoms with Crippen LogP contribution >= 0.6 is 0 Å². The molecule has 7 heteroatoms. The molecule has 2 aromatic carbocycles. The Morgan fingerprint density at radius 3 is 2.48 bits per heavy atom. The third kappa shape index (κ3) is 4.05. The van der Waals surface area contributed by atoms with Crippen molar-refractivity contribution < 1.29 is 18.6 Å². The lowest BCUT2D eigenvalue weighted by Crippen LogP contribution is -2.23. The zero-order valence-corrected chi connectivity index (χ0v) is 16.9. The van der Waals surface area contributed by atoms with Gasteiger partial charge in [0.2, 0.25) is 11.8 Å². The molecule has 1 aliphatic heterocycles. The Morgan fingerprint density at radius 2 is 1.76 bits per heavy atom. The maximum atomic E-state index is 5.92. The smallest absolute Gasteiger partial charge is 0.247 e. The third-order valence-electron chi connectivity index (χ3n) is 5.30. The Labute approximate surface area is 170 Å². The Hall–Kier alpha value is -3.06. The van der Waals surface area contributed by atoms with E-state index in [9.17, 15) is 0 Å². The molecule has 2 heterocycles. The molecule has 29 heavy (non-hydrogen) atoms. The first kappa shape index (κ1) is 19.3. The molecule has 1 aliphatic rings. The van der Waals surface area contributed by atoms with Gasteiger partial charge in [-0.1, -0.05) is 6.07 Å². The molecule has 3 aromatic rings.